The molecule has 0 radical (unpaired) electrons. The summed E-state index contributed by atoms with van der Waals surface area (Å²) < 4.78 is 5.66. The molecule has 1 heterocycles. The van der Waals surface area contributed by atoms with Gasteiger partial charge in [0.05, 0.1) is 5.60 Å². The maximum atomic E-state index is 5.66. The van der Waals surface area contributed by atoms with Crippen LogP contribution in [0.2, 0.25) is 0 Å². The lowest BCUT2D eigenvalue weighted by Crippen LogP contribution is -2.44. The molecule has 0 saturated carbocycles. The fourth-order valence-corrected chi connectivity index (χ4v) is 3.04. The fourth-order valence-electron chi connectivity index (χ4n) is 1.82. The summed E-state index contributed by atoms with van der Waals surface area (Å²) in [6.07, 6.45) is 1.30. The minimum atomic E-state index is -0.0261. The molecule has 0 aliphatic carbocycles. The Bertz CT molecular complexity index is 173. The van der Waals surface area contributed by atoms with E-state index in [4.69, 9.17) is 4.74 Å². The van der Waals surface area contributed by atoms with Gasteiger partial charge < -0.3 is 10.1 Å². The van der Waals surface area contributed by atoms with Crippen molar-refractivity contribution in [2.45, 2.75) is 51.0 Å². The van der Waals surface area contributed by atoms with Crippen LogP contribution in [0.3, 0.4) is 0 Å². The van der Waals surface area contributed by atoms with Crippen molar-refractivity contribution in [2.24, 2.45) is 0 Å². The third-order valence-electron chi connectivity index (χ3n) is 2.70. The molecule has 14 heavy (non-hydrogen) atoms. The Morgan fingerprint density at radius 1 is 1.50 bits per heavy atom. The second-order valence-electron chi connectivity index (χ2n) is 4.54. The Morgan fingerprint density at radius 2 is 2.21 bits per heavy atom. The zero-order valence-electron chi connectivity index (χ0n) is 9.80. The Kier molecular flexibility index (Phi) is 4.74. The second kappa shape index (κ2) is 5.38. The zero-order chi connectivity index (χ0) is 10.6. The lowest BCUT2D eigenvalue weighted by molar-refractivity contribution is -0.0104. The smallest absolute Gasteiger partial charge is 0.0750 e. The monoisotopic (exact) mass is 217 g/mol. The normalized spacial score (nSPS) is 28.3. The van der Waals surface area contributed by atoms with Gasteiger partial charge in [-0.2, -0.15) is 11.8 Å². The van der Waals surface area contributed by atoms with Crippen molar-refractivity contribution in [3.8, 4) is 0 Å². The van der Waals surface area contributed by atoms with Crippen LogP contribution in [0.1, 0.15) is 34.1 Å². The molecule has 1 aliphatic heterocycles. The molecule has 1 aliphatic rings. The van der Waals surface area contributed by atoms with Gasteiger partial charge in [0.1, 0.15) is 0 Å². The Labute approximate surface area is 92.2 Å². The summed E-state index contributed by atoms with van der Waals surface area (Å²) in [5.41, 5.74) is -0.0261. The van der Waals surface area contributed by atoms with Crippen molar-refractivity contribution >= 4 is 11.8 Å². The highest BCUT2D eigenvalue weighted by atomic mass is 32.2. The van der Waals surface area contributed by atoms with Gasteiger partial charge in [-0.25, -0.2) is 0 Å². The molecule has 1 saturated heterocycles. The van der Waals surface area contributed by atoms with Crippen molar-refractivity contribution in [2.75, 3.05) is 18.9 Å². The Hall–Kier alpha value is 0.270. The maximum Gasteiger partial charge on any atom is 0.0750 e. The molecule has 2 nitrogen and oxygen atoms in total. The minimum absolute atomic E-state index is 0.0261. The SMILES string of the molecule is CCOC(C)(C)CNC1CCSC1C. The van der Waals surface area contributed by atoms with E-state index >= 15 is 0 Å². The standard InChI is InChI=1S/C11H23NOS/c1-5-13-11(3,4)8-12-10-6-7-14-9(10)2/h9-10,12H,5-8H2,1-4H3. The molecule has 1 rings (SSSR count). The molecule has 0 amide bonds. The first-order chi connectivity index (χ1) is 6.55. The van der Waals surface area contributed by atoms with Crippen LogP contribution in [-0.4, -0.2) is 35.8 Å². The maximum absolute atomic E-state index is 5.66. The summed E-state index contributed by atoms with van der Waals surface area (Å²) in [4.78, 5) is 0. The average molecular weight is 217 g/mol. The number of nitrogens with one attached hydrogen (secondary N) is 1. The van der Waals surface area contributed by atoms with Crippen LogP contribution in [0.4, 0.5) is 0 Å². The summed E-state index contributed by atoms with van der Waals surface area (Å²) in [5.74, 6) is 1.30. The van der Waals surface area contributed by atoms with E-state index in [1.807, 2.05) is 0 Å². The largest absolute Gasteiger partial charge is 0.375 e. The van der Waals surface area contributed by atoms with E-state index < -0.39 is 0 Å². The first kappa shape index (κ1) is 12.3. The van der Waals surface area contributed by atoms with Crippen molar-refractivity contribution in [3.63, 3.8) is 0 Å². The van der Waals surface area contributed by atoms with E-state index in [1.165, 1.54) is 12.2 Å². The van der Waals surface area contributed by atoms with Gasteiger partial charge in [-0.3, -0.25) is 0 Å². The molecule has 3 heteroatoms. The molecule has 0 spiro atoms. The van der Waals surface area contributed by atoms with Crippen LogP contribution in [0.25, 0.3) is 0 Å². The summed E-state index contributed by atoms with van der Waals surface area (Å²) in [6.45, 7) is 10.4. The topological polar surface area (TPSA) is 21.3 Å². The Balaban J connectivity index is 2.25. The molecule has 1 N–H and O–H groups in total. The summed E-state index contributed by atoms with van der Waals surface area (Å²) in [5, 5.41) is 4.37. The van der Waals surface area contributed by atoms with Gasteiger partial charge in [0.25, 0.3) is 0 Å². The highest BCUT2D eigenvalue weighted by molar-refractivity contribution is 8.00. The quantitative estimate of drug-likeness (QED) is 0.763. The van der Waals surface area contributed by atoms with Gasteiger partial charge in [0.15, 0.2) is 0 Å². The van der Waals surface area contributed by atoms with E-state index in [0.717, 1.165) is 18.4 Å². The number of ether oxygens (including phenoxy) is 1. The number of hydrogen-bond donors (Lipinski definition) is 1. The third-order valence-corrected chi connectivity index (χ3v) is 4.03. The van der Waals surface area contributed by atoms with Crippen LogP contribution in [0.15, 0.2) is 0 Å². The predicted molar refractivity (Wildman–Crippen MR) is 64.0 cm³/mol. The molecule has 0 aromatic rings. The molecular weight excluding hydrogens is 194 g/mol. The zero-order valence-corrected chi connectivity index (χ0v) is 10.6. The van der Waals surface area contributed by atoms with Crippen LogP contribution >= 0.6 is 11.8 Å². The number of rotatable bonds is 5. The van der Waals surface area contributed by atoms with Crippen molar-refractivity contribution in [1.82, 2.24) is 5.32 Å². The van der Waals surface area contributed by atoms with Gasteiger partial charge in [0, 0.05) is 24.4 Å². The van der Waals surface area contributed by atoms with Crippen LogP contribution in [0.5, 0.6) is 0 Å². The molecule has 0 aromatic carbocycles. The van der Waals surface area contributed by atoms with Crippen molar-refractivity contribution in [3.05, 3.63) is 0 Å². The molecule has 2 unspecified atom stereocenters. The van der Waals surface area contributed by atoms with Gasteiger partial charge in [-0.1, -0.05) is 6.92 Å². The van der Waals surface area contributed by atoms with Crippen LogP contribution in [0, 0.1) is 0 Å². The van der Waals surface area contributed by atoms with Crippen LogP contribution < -0.4 is 5.32 Å². The summed E-state index contributed by atoms with van der Waals surface area (Å²) in [7, 11) is 0. The second-order valence-corrected chi connectivity index (χ2v) is 6.03. The van der Waals surface area contributed by atoms with Crippen LogP contribution in [-0.2, 0) is 4.74 Å². The Morgan fingerprint density at radius 3 is 2.71 bits per heavy atom. The lowest BCUT2D eigenvalue weighted by Gasteiger charge is -2.28. The first-order valence-electron chi connectivity index (χ1n) is 5.54. The van der Waals surface area contributed by atoms with Gasteiger partial charge in [-0.15, -0.1) is 0 Å². The number of hydrogen-bond acceptors (Lipinski definition) is 3. The lowest BCUT2D eigenvalue weighted by atomic mass is 10.1. The molecule has 1 fully saturated rings. The van der Waals surface area contributed by atoms with Gasteiger partial charge in [0.2, 0.25) is 0 Å². The van der Waals surface area contributed by atoms with Crippen molar-refractivity contribution < 1.29 is 4.74 Å². The van der Waals surface area contributed by atoms with Gasteiger partial charge >= 0.3 is 0 Å². The molecule has 0 bridgehead atoms. The van der Waals surface area contributed by atoms with Crippen molar-refractivity contribution in [1.29, 1.82) is 0 Å². The fraction of sp³-hybridized carbons (Fsp3) is 1.00. The molecule has 0 aromatic heterocycles. The summed E-state index contributed by atoms with van der Waals surface area (Å²) >= 11 is 2.07. The first-order valence-corrected chi connectivity index (χ1v) is 6.59. The van der Waals surface area contributed by atoms with E-state index in [2.05, 4.69) is 44.8 Å². The predicted octanol–water partition coefficient (Wildman–Crippen LogP) is 2.29. The average Bonchev–Trinajstić information content (AvgIpc) is 2.48. The molecule has 84 valence electrons. The van der Waals surface area contributed by atoms with E-state index in [1.54, 1.807) is 0 Å². The number of thioether (sulfide) groups is 1. The highest BCUT2D eigenvalue weighted by Crippen LogP contribution is 2.26. The van der Waals surface area contributed by atoms with E-state index in [0.29, 0.717) is 6.04 Å². The highest BCUT2D eigenvalue weighted by Gasteiger charge is 2.26. The van der Waals surface area contributed by atoms with E-state index in [-0.39, 0.29) is 5.60 Å². The minimum Gasteiger partial charge on any atom is -0.375 e. The summed E-state index contributed by atoms with van der Waals surface area (Å²) in [6, 6.07) is 0.680. The third kappa shape index (κ3) is 3.79. The molecule has 2 atom stereocenters. The molecular formula is C11H23NOS. The van der Waals surface area contributed by atoms with Gasteiger partial charge in [-0.05, 0) is 32.9 Å². The van der Waals surface area contributed by atoms with E-state index in [9.17, 15) is 0 Å².